The zero-order valence-electron chi connectivity index (χ0n) is 23.9. The predicted molar refractivity (Wildman–Crippen MR) is 165 cm³/mol. The summed E-state index contributed by atoms with van der Waals surface area (Å²) in [5.74, 6) is -1.23. The fourth-order valence-corrected chi connectivity index (χ4v) is 5.71. The van der Waals surface area contributed by atoms with Gasteiger partial charge < -0.3 is 10.0 Å². The number of amides is 1. The lowest BCUT2D eigenvalue weighted by Gasteiger charge is -2.25. The molecule has 0 aliphatic carbocycles. The number of Topliss-reactive ketones (excluding diaryl/α,β-unsaturated/α-hetero) is 1. The molecule has 0 spiro atoms. The van der Waals surface area contributed by atoms with Crippen molar-refractivity contribution < 1.29 is 14.7 Å². The van der Waals surface area contributed by atoms with E-state index in [4.69, 9.17) is 0 Å². The van der Waals surface area contributed by atoms with E-state index in [2.05, 4.69) is 22.9 Å². The molecule has 1 fully saturated rings. The number of aliphatic hydroxyl groups excluding tert-OH is 1. The van der Waals surface area contributed by atoms with Gasteiger partial charge in [-0.1, -0.05) is 148 Å². The molecule has 1 amide bonds. The highest BCUT2D eigenvalue weighted by Gasteiger charge is 2.45. The van der Waals surface area contributed by atoms with Crippen LogP contribution in [0.5, 0.6) is 0 Å². The Morgan fingerprint density at radius 2 is 1.23 bits per heavy atom. The summed E-state index contributed by atoms with van der Waals surface area (Å²) >= 11 is 3.47. The number of carbonyl (C=O) groups is 2. The molecule has 0 radical (unpaired) electrons. The molecule has 1 heterocycles. The molecule has 1 N–H and O–H groups in total. The van der Waals surface area contributed by atoms with Crippen molar-refractivity contribution in [2.75, 3.05) is 6.54 Å². The van der Waals surface area contributed by atoms with Crippen molar-refractivity contribution in [1.82, 2.24) is 4.90 Å². The van der Waals surface area contributed by atoms with E-state index in [-0.39, 0.29) is 11.3 Å². The van der Waals surface area contributed by atoms with Crippen LogP contribution in [-0.2, 0) is 9.59 Å². The first-order chi connectivity index (χ1) is 18.9. The van der Waals surface area contributed by atoms with Crippen LogP contribution in [0.4, 0.5) is 0 Å². The first-order valence-corrected chi connectivity index (χ1v) is 15.8. The number of rotatable bonds is 17. The molecular formula is C34H46BrNO3. The molecule has 5 heteroatoms. The third-order valence-corrected chi connectivity index (χ3v) is 8.33. The van der Waals surface area contributed by atoms with Crippen LogP contribution < -0.4 is 0 Å². The number of nitrogens with zero attached hydrogens (tertiary/aromatic N) is 1. The monoisotopic (exact) mass is 595 g/mol. The first kappa shape index (κ1) is 31.1. The number of aliphatic hydroxyl groups is 1. The van der Waals surface area contributed by atoms with Crippen LogP contribution in [0.3, 0.4) is 0 Å². The van der Waals surface area contributed by atoms with E-state index in [9.17, 15) is 14.7 Å². The maximum absolute atomic E-state index is 13.2. The average Bonchev–Trinajstić information content (AvgIpc) is 3.18. The fraction of sp³-hybridized carbons (Fsp3) is 0.529. The van der Waals surface area contributed by atoms with Crippen LogP contribution in [0.25, 0.3) is 5.76 Å². The van der Waals surface area contributed by atoms with Crippen LogP contribution >= 0.6 is 15.9 Å². The van der Waals surface area contributed by atoms with Crippen molar-refractivity contribution in [2.45, 2.75) is 110 Å². The molecule has 1 aliphatic rings. The Morgan fingerprint density at radius 1 is 0.744 bits per heavy atom. The minimum absolute atomic E-state index is 0.107. The van der Waals surface area contributed by atoms with Gasteiger partial charge in [0.25, 0.3) is 11.7 Å². The second-order valence-electron chi connectivity index (χ2n) is 11.0. The number of unbranched alkanes of at least 4 members (excludes halogenated alkanes) is 13. The summed E-state index contributed by atoms with van der Waals surface area (Å²) in [5, 5.41) is 11.2. The summed E-state index contributed by atoms with van der Waals surface area (Å²) in [6.45, 7) is 4.75. The summed E-state index contributed by atoms with van der Waals surface area (Å²) in [4.78, 5) is 28.0. The quantitative estimate of drug-likeness (QED) is 0.0856. The Labute approximate surface area is 244 Å². The molecule has 212 valence electrons. The van der Waals surface area contributed by atoms with Gasteiger partial charge in [0.1, 0.15) is 5.76 Å². The lowest BCUT2D eigenvalue weighted by Crippen LogP contribution is -2.30. The molecule has 39 heavy (non-hydrogen) atoms. The summed E-state index contributed by atoms with van der Waals surface area (Å²) < 4.78 is 0.925. The van der Waals surface area contributed by atoms with Gasteiger partial charge in [0.2, 0.25) is 0 Å². The topological polar surface area (TPSA) is 57.6 Å². The zero-order chi connectivity index (χ0) is 28.0. The summed E-state index contributed by atoms with van der Waals surface area (Å²) in [6.07, 6.45) is 17.8. The van der Waals surface area contributed by atoms with Gasteiger partial charge in [-0.25, -0.2) is 0 Å². The van der Waals surface area contributed by atoms with E-state index >= 15 is 0 Å². The van der Waals surface area contributed by atoms with Gasteiger partial charge in [-0.3, -0.25) is 9.59 Å². The SMILES string of the molecule is CCCCCCCCCCCCCCCCN1C(=O)C(=O)/C(=C(/O)c2ccc(C)cc2)C1c1ccc(Br)cc1. The number of halogens is 1. The van der Waals surface area contributed by atoms with E-state index < -0.39 is 17.7 Å². The van der Waals surface area contributed by atoms with Gasteiger partial charge in [0, 0.05) is 16.6 Å². The lowest BCUT2D eigenvalue weighted by atomic mass is 9.95. The van der Waals surface area contributed by atoms with Gasteiger partial charge in [-0.2, -0.15) is 0 Å². The highest BCUT2D eigenvalue weighted by molar-refractivity contribution is 9.10. The third kappa shape index (κ3) is 9.34. The molecule has 0 bridgehead atoms. The highest BCUT2D eigenvalue weighted by atomic mass is 79.9. The van der Waals surface area contributed by atoms with Crippen molar-refractivity contribution in [3.63, 3.8) is 0 Å². The number of hydrogen-bond acceptors (Lipinski definition) is 3. The fourth-order valence-electron chi connectivity index (χ4n) is 5.45. The van der Waals surface area contributed by atoms with Gasteiger partial charge in [-0.05, 0) is 31.0 Å². The van der Waals surface area contributed by atoms with E-state index in [0.717, 1.165) is 34.9 Å². The van der Waals surface area contributed by atoms with Crippen molar-refractivity contribution in [2.24, 2.45) is 0 Å². The molecule has 1 atom stereocenters. The molecule has 2 aromatic rings. The Hall–Kier alpha value is -2.40. The molecule has 1 saturated heterocycles. The van der Waals surface area contributed by atoms with Crippen molar-refractivity contribution in [3.05, 3.63) is 75.3 Å². The van der Waals surface area contributed by atoms with Crippen molar-refractivity contribution in [3.8, 4) is 0 Å². The zero-order valence-corrected chi connectivity index (χ0v) is 25.5. The Balaban J connectivity index is 1.52. The normalized spacial score (nSPS) is 16.8. The molecule has 0 saturated carbocycles. The van der Waals surface area contributed by atoms with Crippen LogP contribution in [-0.4, -0.2) is 28.2 Å². The van der Waals surface area contributed by atoms with Crippen LogP contribution in [0, 0.1) is 6.92 Å². The number of aryl methyl sites for hydroxylation is 1. The minimum atomic E-state index is -0.605. The molecule has 4 nitrogen and oxygen atoms in total. The molecule has 0 aromatic heterocycles. The maximum atomic E-state index is 13.2. The van der Waals surface area contributed by atoms with E-state index in [0.29, 0.717) is 12.1 Å². The van der Waals surface area contributed by atoms with Gasteiger partial charge in [-0.15, -0.1) is 0 Å². The molecule has 3 rings (SSSR count). The molecule has 1 aliphatic heterocycles. The largest absolute Gasteiger partial charge is 0.507 e. The standard InChI is InChI=1S/C34H46BrNO3/c1-3-4-5-6-7-8-9-10-11-12-13-14-15-16-25-36-31(27-21-23-29(35)24-22-27)30(33(38)34(36)39)32(37)28-19-17-26(2)18-20-28/h17-24,31,37H,3-16,25H2,1-2H3/b32-30+. The minimum Gasteiger partial charge on any atom is -0.507 e. The average molecular weight is 597 g/mol. The predicted octanol–water partition coefficient (Wildman–Crippen LogP) is 9.66. The highest BCUT2D eigenvalue weighted by Crippen LogP contribution is 2.40. The Bertz CT molecular complexity index is 1070. The second-order valence-corrected chi connectivity index (χ2v) is 11.9. The van der Waals surface area contributed by atoms with E-state index in [1.165, 1.54) is 70.6 Å². The summed E-state index contributed by atoms with van der Waals surface area (Å²) in [6, 6.07) is 14.5. The molecular weight excluding hydrogens is 550 g/mol. The Morgan fingerprint density at radius 3 is 1.74 bits per heavy atom. The lowest BCUT2D eigenvalue weighted by molar-refractivity contribution is -0.139. The van der Waals surface area contributed by atoms with Crippen molar-refractivity contribution in [1.29, 1.82) is 0 Å². The second kappa shape index (κ2) is 16.6. The maximum Gasteiger partial charge on any atom is 0.295 e. The molecule has 2 aromatic carbocycles. The van der Waals surface area contributed by atoms with Gasteiger partial charge in [0.15, 0.2) is 0 Å². The van der Waals surface area contributed by atoms with E-state index in [1.54, 1.807) is 17.0 Å². The summed E-state index contributed by atoms with van der Waals surface area (Å²) in [5.41, 5.74) is 2.62. The molecule has 1 unspecified atom stereocenters. The van der Waals surface area contributed by atoms with Crippen LogP contribution in [0.15, 0.2) is 58.6 Å². The van der Waals surface area contributed by atoms with Gasteiger partial charge >= 0.3 is 0 Å². The Kier molecular flexibility index (Phi) is 13.3. The number of likely N-dealkylation sites (tertiary alicyclic amines) is 1. The smallest absolute Gasteiger partial charge is 0.295 e. The van der Waals surface area contributed by atoms with E-state index in [1.807, 2.05) is 43.3 Å². The number of ketones is 1. The first-order valence-electron chi connectivity index (χ1n) is 15.0. The van der Waals surface area contributed by atoms with Gasteiger partial charge in [0.05, 0.1) is 11.6 Å². The van der Waals surface area contributed by atoms with Crippen molar-refractivity contribution >= 4 is 33.4 Å². The third-order valence-electron chi connectivity index (χ3n) is 7.80. The van der Waals surface area contributed by atoms with Crippen LogP contribution in [0.1, 0.15) is 120 Å². The van der Waals surface area contributed by atoms with Crippen LogP contribution in [0.2, 0.25) is 0 Å². The number of hydrogen-bond donors (Lipinski definition) is 1. The number of carbonyl (C=O) groups excluding carboxylic acids is 2. The summed E-state index contributed by atoms with van der Waals surface area (Å²) in [7, 11) is 0. The number of benzene rings is 2.